The monoisotopic (exact) mass is 438 g/mol. The molecule has 1 unspecified atom stereocenters. The van der Waals surface area contributed by atoms with Crippen molar-refractivity contribution in [3.05, 3.63) is 46.6 Å². The molecule has 4 rings (SSSR count). The summed E-state index contributed by atoms with van der Waals surface area (Å²) in [6.07, 6.45) is 2.74. The van der Waals surface area contributed by atoms with Gasteiger partial charge in [-0.15, -0.1) is 0 Å². The molecule has 1 atom stereocenters. The topological polar surface area (TPSA) is 94.2 Å². The Hall–Kier alpha value is -3.36. The fourth-order valence-corrected chi connectivity index (χ4v) is 4.45. The molecule has 3 heterocycles. The fraction of sp³-hybridized carbons (Fsp3) is 0.478. The van der Waals surface area contributed by atoms with Crippen molar-refractivity contribution >= 4 is 28.5 Å². The van der Waals surface area contributed by atoms with E-state index in [1.807, 2.05) is 49.7 Å². The first-order valence-corrected chi connectivity index (χ1v) is 11.2. The van der Waals surface area contributed by atoms with Crippen LogP contribution in [0.4, 0.5) is 5.69 Å². The second kappa shape index (κ2) is 9.02. The first kappa shape index (κ1) is 21.9. The van der Waals surface area contributed by atoms with Gasteiger partial charge in [-0.25, -0.2) is 4.79 Å². The minimum absolute atomic E-state index is 0.0382. The lowest BCUT2D eigenvalue weighted by molar-refractivity contribution is -0.130. The van der Waals surface area contributed by atoms with E-state index >= 15 is 0 Å². The minimum Gasteiger partial charge on any atom is -0.342 e. The van der Waals surface area contributed by atoms with Crippen LogP contribution in [-0.2, 0) is 29.2 Å². The SMILES string of the molecule is CCn1c(=O)n(CC)c2cc(NC(=O)C3CCN(C(=O)CCn4nccc4C)C3)ccc21. The van der Waals surface area contributed by atoms with Crippen LogP contribution in [0.2, 0.25) is 0 Å². The quantitative estimate of drug-likeness (QED) is 0.612. The van der Waals surface area contributed by atoms with Crippen molar-refractivity contribution in [2.45, 2.75) is 53.2 Å². The number of aryl methyl sites for hydroxylation is 4. The summed E-state index contributed by atoms with van der Waals surface area (Å²) < 4.78 is 5.26. The molecule has 0 aliphatic carbocycles. The summed E-state index contributed by atoms with van der Waals surface area (Å²) in [6.45, 7) is 8.56. The highest BCUT2D eigenvalue weighted by molar-refractivity contribution is 5.95. The third-order valence-electron chi connectivity index (χ3n) is 6.30. The number of fused-ring (bicyclic) bond motifs is 1. The molecule has 0 spiro atoms. The smallest absolute Gasteiger partial charge is 0.329 e. The lowest BCUT2D eigenvalue weighted by Crippen LogP contribution is -2.32. The minimum atomic E-state index is -0.241. The average Bonchev–Trinajstić information content (AvgIpc) is 3.49. The Morgan fingerprint density at radius 1 is 1.12 bits per heavy atom. The summed E-state index contributed by atoms with van der Waals surface area (Å²) in [5, 5.41) is 7.19. The average molecular weight is 439 g/mol. The van der Waals surface area contributed by atoms with Crippen LogP contribution in [-0.4, -0.2) is 48.7 Å². The predicted molar refractivity (Wildman–Crippen MR) is 122 cm³/mol. The molecule has 1 aliphatic rings. The van der Waals surface area contributed by atoms with Gasteiger partial charge in [-0.3, -0.25) is 23.4 Å². The molecule has 1 fully saturated rings. The molecule has 2 aromatic heterocycles. The van der Waals surface area contributed by atoms with Gasteiger partial charge in [0.25, 0.3) is 0 Å². The molecule has 2 amide bonds. The van der Waals surface area contributed by atoms with Crippen molar-refractivity contribution in [2.75, 3.05) is 18.4 Å². The number of imidazole rings is 1. The molecule has 9 heteroatoms. The highest BCUT2D eigenvalue weighted by Gasteiger charge is 2.31. The Kier molecular flexibility index (Phi) is 6.16. The van der Waals surface area contributed by atoms with E-state index in [2.05, 4.69) is 10.4 Å². The zero-order chi connectivity index (χ0) is 22.8. The van der Waals surface area contributed by atoms with Crippen LogP contribution in [0, 0.1) is 12.8 Å². The van der Waals surface area contributed by atoms with Crippen LogP contribution < -0.4 is 11.0 Å². The number of likely N-dealkylation sites (tertiary alicyclic amines) is 1. The molecule has 0 saturated carbocycles. The van der Waals surface area contributed by atoms with E-state index in [9.17, 15) is 14.4 Å². The van der Waals surface area contributed by atoms with Crippen molar-refractivity contribution in [3.63, 3.8) is 0 Å². The maximum absolute atomic E-state index is 12.9. The predicted octanol–water partition coefficient (Wildman–Crippen LogP) is 2.23. The normalized spacial score (nSPS) is 16.1. The molecular formula is C23H30N6O3. The molecule has 0 bridgehead atoms. The van der Waals surface area contributed by atoms with Gasteiger partial charge in [0.1, 0.15) is 0 Å². The van der Waals surface area contributed by atoms with Crippen molar-refractivity contribution in [2.24, 2.45) is 5.92 Å². The third kappa shape index (κ3) is 4.06. The van der Waals surface area contributed by atoms with E-state index < -0.39 is 0 Å². The summed E-state index contributed by atoms with van der Waals surface area (Å²) in [5.41, 5.74) is 3.33. The van der Waals surface area contributed by atoms with E-state index in [-0.39, 0.29) is 23.4 Å². The second-order valence-corrected chi connectivity index (χ2v) is 8.23. The van der Waals surface area contributed by atoms with Crippen molar-refractivity contribution in [1.29, 1.82) is 0 Å². The molecule has 0 radical (unpaired) electrons. The second-order valence-electron chi connectivity index (χ2n) is 8.23. The highest BCUT2D eigenvalue weighted by atomic mass is 16.2. The molecular weight excluding hydrogens is 408 g/mol. The molecule has 1 saturated heterocycles. The number of rotatable bonds is 7. The Morgan fingerprint density at radius 2 is 1.88 bits per heavy atom. The van der Waals surface area contributed by atoms with E-state index in [0.29, 0.717) is 51.3 Å². The number of hydrogen-bond acceptors (Lipinski definition) is 4. The van der Waals surface area contributed by atoms with E-state index in [0.717, 1.165) is 16.7 Å². The lowest BCUT2D eigenvalue weighted by Gasteiger charge is -2.17. The lowest BCUT2D eigenvalue weighted by atomic mass is 10.1. The molecule has 9 nitrogen and oxygen atoms in total. The number of carbonyl (C=O) groups excluding carboxylic acids is 2. The van der Waals surface area contributed by atoms with Crippen LogP contribution in [0.5, 0.6) is 0 Å². The van der Waals surface area contributed by atoms with Crippen molar-refractivity contribution < 1.29 is 9.59 Å². The first-order chi connectivity index (χ1) is 15.4. The van der Waals surface area contributed by atoms with Gasteiger partial charge in [0.2, 0.25) is 11.8 Å². The van der Waals surface area contributed by atoms with Gasteiger partial charge in [0.05, 0.1) is 17.0 Å². The maximum Gasteiger partial charge on any atom is 0.329 e. The van der Waals surface area contributed by atoms with Crippen LogP contribution in [0.15, 0.2) is 35.3 Å². The standard InChI is InChI=1S/C23H30N6O3/c1-4-27-19-7-6-18(14-20(19)28(5-2)23(27)32)25-22(31)17-9-12-26(15-17)21(30)10-13-29-16(3)8-11-24-29/h6-8,11,14,17H,4-5,9-10,12-13,15H2,1-3H3,(H,25,31). The number of carbonyl (C=O) groups is 2. The van der Waals surface area contributed by atoms with Gasteiger partial charge in [0.15, 0.2) is 0 Å². The summed E-state index contributed by atoms with van der Waals surface area (Å²) in [5.74, 6) is -0.290. The maximum atomic E-state index is 12.9. The number of nitrogens with zero attached hydrogens (tertiary/aromatic N) is 5. The Bertz CT molecular complexity index is 1200. The number of hydrogen-bond donors (Lipinski definition) is 1. The summed E-state index contributed by atoms with van der Waals surface area (Å²) >= 11 is 0. The molecule has 170 valence electrons. The Morgan fingerprint density at radius 3 is 2.56 bits per heavy atom. The van der Waals surface area contributed by atoms with Crippen LogP contribution in [0.1, 0.15) is 32.4 Å². The summed E-state index contributed by atoms with van der Waals surface area (Å²) in [4.78, 5) is 39.7. The van der Waals surface area contributed by atoms with Gasteiger partial charge in [-0.2, -0.15) is 5.10 Å². The number of aromatic nitrogens is 4. The van der Waals surface area contributed by atoms with Gasteiger partial charge in [-0.05, 0) is 51.5 Å². The van der Waals surface area contributed by atoms with E-state index in [1.165, 1.54) is 0 Å². The van der Waals surface area contributed by atoms with Crippen molar-refractivity contribution in [1.82, 2.24) is 23.8 Å². The zero-order valence-corrected chi connectivity index (χ0v) is 18.9. The van der Waals surface area contributed by atoms with Gasteiger partial charge >= 0.3 is 5.69 Å². The highest BCUT2D eigenvalue weighted by Crippen LogP contribution is 2.22. The molecule has 32 heavy (non-hydrogen) atoms. The van der Waals surface area contributed by atoms with Crippen LogP contribution in [0.3, 0.4) is 0 Å². The van der Waals surface area contributed by atoms with Gasteiger partial charge in [-0.1, -0.05) is 0 Å². The largest absolute Gasteiger partial charge is 0.342 e. The van der Waals surface area contributed by atoms with E-state index in [1.54, 1.807) is 20.2 Å². The van der Waals surface area contributed by atoms with Gasteiger partial charge < -0.3 is 10.2 Å². The molecule has 1 N–H and O–H groups in total. The Labute approximate surface area is 186 Å². The molecule has 3 aromatic rings. The molecule has 1 aromatic carbocycles. The summed E-state index contributed by atoms with van der Waals surface area (Å²) in [6, 6.07) is 7.48. The number of nitrogens with one attached hydrogen (secondary N) is 1. The van der Waals surface area contributed by atoms with Crippen LogP contribution >= 0.6 is 0 Å². The number of anilines is 1. The fourth-order valence-electron chi connectivity index (χ4n) is 4.45. The third-order valence-corrected chi connectivity index (χ3v) is 6.30. The Balaban J connectivity index is 1.39. The van der Waals surface area contributed by atoms with Crippen molar-refractivity contribution in [3.8, 4) is 0 Å². The van der Waals surface area contributed by atoms with Gasteiger partial charge in [0, 0.05) is 56.7 Å². The number of amides is 2. The first-order valence-electron chi connectivity index (χ1n) is 11.2. The number of benzene rings is 1. The van der Waals surface area contributed by atoms with Crippen LogP contribution in [0.25, 0.3) is 11.0 Å². The summed E-state index contributed by atoms with van der Waals surface area (Å²) in [7, 11) is 0. The van der Waals surface area contributed by atoms with E-state index in [4.69, 9.17) is 0 Å². The molecule has 1 aliphatic heterocycles. The zero-order valence-electron chi connectivity index (χ0n) is 18.9.